The molecule has 0 aliphatic heterocycles. The van der Waals surface area contributed by atoms with Crippen LogP contribution < -0.4 is 11.2 Å². The van der Waals surface area contributed by atoms with Crippen LogP contribution in [0.4, 0.5) is 22.0 Å². The summed E-state index contributed by atoms with van der Waals surface area (Å²) in [5.74, 6) is -3.04. The maximum atomic E-state index is 14.3. The van der Waals surface area contributed by atoms with Crippen molar-refractivity contribution in [3.8, 4) is 5.69 Å². The number of aromatic nitrogens is 2. The van der Waals surface area contributed by atoms with Crippen molar-refractivity contribution < 1.29 is 31.2 Å². The molecule has 0 fully saturated rings. The summed E-state index contributed by atoms with van der Waals surface area (Å²) < 4.78 is 71.9. The van der Waals surface area contributed by atoms with Crippen LogP contribution in [0.15, 0.2) is 32.2 Å². The van der Waals surface area contributed by atoms with Crippen molar-refractivity contribution in [2.75, 3.05) is 0 Å². The van der Waals surface area contributed by atoms with Gasteiger partial charge in [-0.25, -0.2) is 18.1 Å². The summed E-state index contributed by atoms with van der Waals surface area (Å²) in [6.45, 7) is 0. The molecule has 0 aliphatic carbocycles. The highest BCUT2D eigenvalue weighted by atomic mass is 19.4. The Hall–Kier alpha value is -3.24. The summed E-state index contributed by atoms with van der Waals surface area (Å²) in [5, 5.41) is -0.455. The normalized spacial score (nSPS) is 11.9. The van der Waals surface area contributed by atoms with Gasteiger partial charge in [0.2, 0.25) is 0 Å². The van der Waals surface area contributed by atoms with Crippen molar-refractivity contribution in [2.45, 2.75) is 6.18 Å². The van der Waals surface area contributed by atoms with Crippen LogP contribution in [0.1, 0.15) is 16.2 Å². The van der Waals surface area contributed by atoms with Crippen molar-refractivity contribution in [3.63, 3.8) is 0 Å². The summed E-state index contributed by atoms with van der Waals surface area (Å²) in [4.78, 5) is 35.2. The Labute approximate surface area is 139 Å². The second-order valence-corrected chi connectivity index (χ2v) is 5.24. The Balaban J connectivity index is 2.48. The molecule has 0 aliphatic rings. The SMILES string of the molecule is Cn1c(C(F)(F)F)cc(=O)n(-c2c(F)cc(F)c3oc(C=O)cc23)c1=O. The highest BCUT2D eigenvalue weighted by molar-refractivity contribution is 5.91. The zero-order valence-corrected chi connectivity index (χ0v) is 12.7. The number of furan rings is 1. The Morgan fingerprint density at radius 3 is 2.31 bits per heavy atom. The van der Waals surface area contributed by atoms with Gasteiger partial charge in [-0.05, 0) is 6.07 Å². The minimum absolute atomic E-state index is 0.108. The molecule has 0 saturated carbocycles. The molecule has 2 aromatic heterocycles. The Kier molecular flexibility index (Phi) is 3.82. The highest BCUT2D eigenvalue weighted by Crippen LogP contribution is 2.30. The quantitative estimate of drug-likeness (QED) is 0.510. The van der Waals surface area contributed by atoms with Gasteiger partial charge in [0.05, 0.1) is 5.39 Å². The second kappa shape index (κ2) is 5.64. The number of nitrogens with zero attached hydrogens (tertiary/aromatic N) is 2. The fourth-order valence-corrected chi connectivity index (χ4v) is 2.53. The van der Waals surface area contributed by atoms with E-state index in [1.165, 1.54) is 0 Å². The maximum absolute atomic E-state index is 14.3. The first-order valence-electron chi connectivity index (χ1n) is 6.83. The summed E-state index contributed by atoms with van der Waals surface area (Å²) in [5.41, 5.74) is -5.98. The monoisotopic (exact) mass is 374 g/mol. The molecule has 11 heteroatoms. The Morgan fingerprint density at radius 2 is 1.73 bits per heavy atom. The highest BCUT2D eigenvalue weighted by Gasteiger charge is 2.35. The third kappa shape index (κ3) is 2.52. The van der Waals surface area contributed by atoms with Crippen molar-refractivity contribution in [3.05, 3.63) is 62.1 Å². The smallest absolute Gasteiger partial charge is 0.431 e. The molecular weight excluding hydrogens is 367 g/mol. The molecule has 3 rings (SSSR count). The molecule has 1 aromatic carbocycles. The van der Waals surface area contributed by atoms with Gasteiger partial charge in [0, 0.05) is 19.2 Å². The van der Waals surface area contributed by atoms with E-state index in [4.69, 9.17) is 4.42 Å². The number of carbonyl (C=O) groups is 1. The molecule has 6 nitrogen and oxygen atoms in total. The average Bonchev–Trinajstić information content (AvgIpc) is 2.97. The average molecular weight is 374 g/mol. The van der Waals surface area contributed by atoms with Crippen LogP contribution in [0, 0.1) is 11.6 Å². The zero-order valence-electron chi connectivity index (χ0n) is 12.7. The van der Waals surface area contributed by atoms with E-state index in [1.54, 1.807) is 0 Å². The van der Waals surface area contributed by atoms with E-state index in [0.717, 1.165) is 13.1 Å². The summed E-state index contributed by atoms with van der Waals surface area (Å²) >= 11 is 0. The van der Waals surface area contributed by atoms with Crippen LogP contribution in [0.2, 0.25) is 0 Å². The second-order valence-electron chi connectivity index (χ2n) is 5.24. The number of rotatable bonds is 2. The fraction of sp³-hybridized carbons (Fsp3) is 0.133. The van der Waals surface area contributed by atoms with E-state index >= 15 is 0 Å². The lowest BCUT2D eigenvalue weighted by atomic mass is 10.2. The topological polar surface area (TPSA) is 74.2 Å². The minimum atomic E-state index is -5.00. The van der Waals surface area contributed by atoms with E-state index in [9.17, 15) is 36.3 Å². The van der Waals surface area contributed by atoms with Crippen molar-refractivity contribution in [1.29, 1.82) is 0 Å². The number of carbonyl (C=O) groups excluding carboxylic acids is 1. The van der Waals surface area contributed by atoms with E-state index in [1.807, 2.05) is 0 Å². The van der Waals surface area contributed by atoms with Crippen LogP contribution in [0.3, 0.4) is 0 Å². The molecule has 0 radical (unpaired) electrons. The summed E-state index contributed by atoms with van der Waals surface area (Å²) in [6, 6.07) is 1.27. The number of halogens is 5. The molecule has 2 heterocycles. The van der Waals surface area contributed by atoms with Gasteiger partial charge in [0.1, 0.15) is 11.4 Å². The number of alkyl halides is 3. The van der Waals surface area contributed by atoms with Gasteiger partial charge in [-0.2, -0.15) is 13.2 Å². The van der Waals surface area contributed by atoms with Crippen molar-refractivity contribution in [1.82, 2.24) is 9.13 Å². The molecule has 0 amide bonds. The number of benzene rings is 1. The molecule has 136 valence electrons. The zero-order chi connectivity index (χ0) is 19.4. The molecule has 26 heavy (non-hydrogen) atoms. The van der Waals surface area contributed by atoms with Gasteiger partial charge in [-0.1, -0.05) is 0 Å². The summed E-state index contributed by atoms with van der Waals surface area (Å²) in [7, 11) is 0.742. The molecule has 0 bridgehead atoms. The molecule has 0 unspecified atom stereocenters. The lowest BCUT2D eigenvalue weighted by Gasteiger charge is -2.14. The van der Waals surface area contributed by atoms with E-state index in [2.05, 4.69) is 0 Å². The van der Waals surface area contributed by atoms with Gasteiger partial charge in [-0.3, -0.25) is 14.2 Å². The van der Waals surface area contributed by atoms with Crippen LogP contribution in [-0.2, 0) is 13.2 Å². The number of aldehydes is 1. The Morgan fingerprint density at radius 1 is 1.08 bits per heavy atom. The van der Waals surface area contributed by atoms with Crippen LogP contribution >= 0.6 is 0 Å². The van der Waals surface area contributed by atoms with Crippen molar-refractivity contribution in [2.24, 2.45) is 7.05 Å². The number of fused-ring (bicyclic) bond motifs is 1. The van der Waals surface area contributed by atoms with Gasteiger partial charge >= 0.3 is 11.9 Å². The number of hydrogen-bond donors (Lipinski definition) is 0. The van der Waals surface area contributed by atoms with Crippen molar-refractivity contribution >= 4 is 17.3 Å². The van der Waals surface area contributed by atoms with Crippen LogP contribution in [0.25, 0.3) is 16.7 Å². The Bertz CT molecular complexity index is 1170. The lowest BCUT2D eigenvalue weighted by Crippen LogP contribution is -2.41. The van der Waals surface area contributed by atoms with Gasteiger partial charge in [-0.15, -0.1) is 0 Å². The molecule has 3 aromatic rings. The standard InChI is InChI=1S/C15H7F5N2O4/c1-21-10(15(18,19)20)4-11(24)22(14(21)25)12-7-2-6(5-23)26-13(7)9(17)3-8(12)16/h2-5H,1H3. The third-order valence-corrected chi connectivity index (χ3v) is 3.65. The lowest BCUT2D eigenvalue weighted by molar-refractivity contribution is -0.144. The van der Waals surface area contributed by atoms with E-state index in [0.29, 0.717) is 6.07 Å². The number of hydrogen-bond acceptors (Lipinski definition) is 4. The molecule has 0 N–H and O–H groups in total. The minimum Gasteiger partial charge on any atom is -0.450 e. The van der Waals surface area contributed by atoms with Gasteiger partial charge in [0.25, 0.3) is 5.56 Å². The molecular formula is C15H7F5N2O4. The first-order chi connectivity index (χ1) is 12.1. The molecule has 0 saturated heterocycles. The maximum Gasteiger partial charge on any atom is 0.431 e. The van der Waals surface area contributed by atoms with E-state index < -0.39 is 57.2 Å². The molecule has 0 atom stereocenters. The van der Waals surface area contributed by atoms with E-state index in [-0.39, 0.29) is 21.5 Å². The third-order valence-electron chi connectivity index (χ3n) is 3.65. The summed E-state index contributed by atoms with van der Waals surface area (Å²) in [6.07, 6.45) is -4.82. The van der Waals surface area contributed by atoms with Crippen LogP contribution in [-0.4, -0.2) is 15.4 Å². The first-order valence-corrected chi connectivity index (χ1v) is 6.83. The largest absolute Gasteiger partial charge is 0.450 e. The first kappa shape index (κ1) is 17.6. The van der Waals surface area contributed by atoms with Crippen LogP contribution in [0.5, 0.6) is 0 Å². The van der Waals surface area contributed by atoms with Gasteiger partial charge in [0.15, 0.2) is 29.3 Å². The molecule has 0 spiro atoms. The van der Waals surface area contributed by atoms with Gasteiger partial charge < -0.3 is 4.42 Å². The predicted octanol–water partition coefficient (Wildman–Crippen LogP) is 2.39. The predicted molar refractivity (Wildman–Crippen MR) is 77.4 cm³/mol. The fourth-order valence-electron chi connectivity index (χ4n) is 2.53.